The second kappa shape index (κ2) is 9.21. The molecule has 0 aliphatic carbocycles. The van der Waals surface area contributed by atoms with Crippen LogP contribution in [0.2, 0.25) is 0 Å². The van der Waals surface area contributed by atoms with E-state index < -0.39 is 16.1 Å². The van der Waals surface area contributed by atoms with Gasteiger partial charge in [-0.1, -0.05) is 17.7 Å². The summed E-state index contributed by atoms with van der Waals surface area (Å²) in [7, 11) is -3.72. The number of aryl methyl sites for hydroxylation is 1. The maximum Gasteiger partial charge on any atom is 0.243 e. The molecule has 3 atom stereocenters. The van der Waals surface area contributed by atoms with Gasteiger partial charge < -0.3 is 15.0 Å². The highest BCUT2D eigenvalue weighted by Crippen LogP contribution is 2.28. The van der Waals surface area contributed by atoms with Gasteiger partial charge >= 0.3 is 0 Å². The van der Waals surface area contributed by atoms with Gasteiger partial charge in [-0.05, 0) is 70.0 Å². The Morgan fingerprint density at radius 2 is 1.62 bits per heavy atom. The normalized spacial score (nSPS) is 24.5. The smallest absolute Gasteiger partial charge is 0.243 e. The first-order chi connectivity index (χ1) is 15.2. The lowest BCUT2D eigenvalue weighted by Gasteiger charge is -2.36. The Kier molecular flexibility index (Phi) is 6.55. The number of amides is 1. The number of anilines is 2. The Bertz CT molecular complexity index is 1040. The van der Waals surface area contributed by atoms with Crippen LogP contribution in [0.5, 0.6) is 0 Å². The maximum absolute atomic E-state index is 13.1. The molecule has 7 nitrogen and oxygen atoms in total. The summed E-state index contributed by atoms with van der Waals surface area (Å²) in [6.45, 7) is 8.03. The van der Waals surface area contributed by atoms with Crippen molar-refractivity contribution < 1.29 is 17.9 Å². The molecule has 2 saturated heterocycles. The van der Waals surface area contributed by atoms with Gasteiger partial charge in [-0.2, -0.15) is 4.31 Å². The van der Waals surface area contributed by atoms with E-state index in [1.165, 1.54) is 4.31 Å². The van der Waals surface area contributed by atoms with Gasteiger partial charge in [0.2, 0.25) is 15.9 Å². The molecule has 4 rings (SSSR count). The summed E-state index contributed by atoms with van der Waals surface area (Å²) >= 11 is 0. The van der Waals surface area contributed by atoms with E-state index in [0.717, 1.165) is 24.3 Å². The fourth-order valence-electron chi connectivity index (χ4n) is 4.51. The number of benzene rings is 2. The highest BCUT2D eigenvalue weighted by molar-refractivity contribution is 7.89. The van der Waals surface area contributed by atoms with Gasteiger partial charge in [0.1, 0.15) is 6.04 Å². The number of carbonyl (C=O) groups is 1. The Hall–Kier alpha value is -2.42. The zero-order valence-corrected chi connectivity index (χ0v) is 19.6. The molecule has 1 amide bonds. The third-order valence-corrected chi connectivity index (χ3v) is 7.98. The summed E-state index contributed by atoms with van der Waals surface area (Å²) in [4.78, 5) is 15.5. The molecule has 2 aliphatic heterocycles. The van der Waals surface area contributed by atoms with E-state index >= 15 is 0 Å². The van der Waals surface area contributed by atoms with Crippen LogP contribution in [0.1, 0.15) is 32.3 Å². The molecule has 2 aliphatic rings. The van der Waals surface area contributed by atoms with Crippen LogP contribution in [-0.4, -0.2) is 56.5 Å². The Morgan fingerprint density at radius 3 is 2.25 bits per heavy atom. The first kappa shape index (κ1) is 22.8. The summed E-state index contributed by atoms with van der Waals surface area (Å²) in [5, 5.41) is 2.91. The largest absolute Gasteiger partial charge is 0.372 e. The van der Waals surface area contributed by atoms with Crippen molar-refractivity contribution in [3.63, 3.8) is 0 Å². The van der Waals surface area contributed by atoms with Crippen LogP contribution in [-0.2, 0) is 19.6 Å². The van der Waals surface area contributed by atoms with Gasteiger partial charge in [0.15, 0.2) is 0 Å². The van der Waals surface area contributed by atoms with Crippen molar-refractivity contribution in [3.05, 3.63) is 54.1 Å². The van der Waals surface area contributed by atoms with Crippen molar-refractivity contribution >= 4 is 27.3 Å². The van der Waals surface area contributed by atoms with Crippen molar-refractivity contribution in [1.29, 1.82) is 0 Å². The number of nitrogens with one attached hydrogen (secondary N) is 1. The third kappa shape index (κ3) is 4.82. The lowest BCUT2D eigenvalue weighted by atomic mass is 10.1. The molecule has 2 unspecified atom stereocenters. The molecule has 32 heavy (non-hydrogen) atoms. The van der Waals surface area contributed by atoms with E-state index in [0.29, 0.717) is 25.1 Å². The Morgan fingerprint density at radius 1 is 1.00 bits per heavy atom. The summed E-state index contributed by atoms with van der Waals surface area (Å²) in [5.41, 5.74) is 2.73. The summed E-state index contributed by atoms with van der Waals surface area (Å²) < 4.78 is 33.4. The molecule has 0 radical (unpaired) electrons. The molecule has 0 aromatic heterocycles. The predicted octanol–water partition coefficient (Wildman–Crippen LogP) is 3.40. The summed E-state index contributed by atoms with van der Waals surface area (Å²) in [5.74, 6) is -0.292. The van der Waals surface area contributed by atoms with Crippen molar-refractivity contribution in [3.8, 4) is 0 Å². The number of rotatable bonds is 5. The summed E-state index contributed by atoms with van der Waals surface area (Å²) in [6.07, 6.45) is 1.51. The van der Waals surface area contributed by atoms with Crippen LogP contribution in [0.3, 0.4) is 0 Å². The lowest BCUT2D eigenvalue weighted by molar-refractivity contribution is -0.119. The van der Waals surface area contributed by atoms with Gasteiger partial charge in [0.25, 0.3) is 0 Å². The number of nitrogens with zero attached hydrogens (tertiary/aromatic N) is 2. The van der Waals surface area contributed by atoms with E-state index in [1.807, 2.05) is 31.2 Å². The second-order valence-corrected chi connectivity index (χ2v) is 10.7. The van der Waals surface area contributed by atoms with Crippen LogP contribution in [0.15, 0.2) is 53.4 Å². The topological polar surface area (TPSA) is 79.0 Å². The highest BCUT2D eigenvalue weighted by atomic mass is 32.2. The molecular formula is C24H31N3O4S. The zero-order valence-electron chi connectivity index (χ0n) is 18.8. The molecule has 1 N–H and O–H groups in total. The van der Waals surface area contributed by atoms with E-state index in [-0.39, 0.29) is 23.0 Å². The molecule has 0 spiro atoms. The third-order valence-electron chi connectivity index (χ3n) is 6.05. The van der Waals surface area contributed by atoms with Gasteiger partial charge in [0.05, 0.1) is 17.1 Å². The molecular weight excluding hydrogens is 426 g/mol. The van der Waals surface area contributed by atoms with Gasteiger partial charge in [-0.25, -0.2) is 8.42 Å². The van der Waals surface area contributed by atoms with E-state index in [9.17, 15) is 13.2 Å². The maximum atomic E-state index is 13.1. The minimum absolute atomic E-state index is 0.168. The lowest BCUT2D eigenvalue weighted by Crippen LogP contribution is -2.45. The number of hydrogen-bond donors (Lipinski definition) is 1. The van der Waals surface area contributed by atoms with Crippen LogP contribution in [0, 0.1) is 6.92 Å². The second-order valence-electron chi connectivity index (χ2n) is 8.79. The predicted molar refractivity (Wildman–Crippen MR) is 125 cm³/mol. The van der Waals surface area contributed by atoms with Crippen LogP contribution >= 0.6 is 0 Å². The van der Waals surface area contributed by atoms with Crippen molar-refractivity contribution in [2.45, 2.75) is 56.8 Å². The quantitative estimate of drug-likeness (QED) is 0.745. The van der Waals surface area contributed by atoms with Gasteiger partial charge in [-0.3, -0.25) is 4.79 Å². The van der Waals surface area contributed by atoms with Crippen LogP contribution in [0.4, 0.5) is 11.4 Å². The van der Waals surface area contributed by atoms with E-state index in [1.54, 1.807) is 24.3 Å². The van der Waals surface area contributed by atoms with Crippen molar-refractivity contribution in [2.24, 2.45) is 0 Å². The SMILES string of the molecule is Cc1ccc(S(=O)(=O)N2CCC[C@H]2C(=O)Nc2ccc(N3CC(C)OC(C)C3)cc2)cc1. The fraction of sp³-hybridized carbons (Fsp3) is 0.458. The zero-order chi connectivity index (χ0) is 22.9. The number of sulfonamides is 1. The minimum Gasteiger partial charge on any atom is -0.372 e. The minimum atomic E-state index is -3.72. The van der Waals surface area contributed by atoms with Crippen molar-refractivity contribution in [1.82, 2.24) is 4.31 Å². The number of carbonyl (C=O) groups excluding carboxylic acids is 1. The molecule has 2 aromatic carbocycles. The van der Waals surface area contributed by atoms with Crippen LogP contribution in [0.25, 0.3) is 0 Å². The molecule has 2 fully saturated rings. The number of morpholine rings is 1. The van der Waals surface area contributed by atoms with Gasteiger partial charge in [0, 0.05) is 31.0 Å². The fourth-order valence-corrected chi connectivity index (χ4v) is 6.16. The van der Waals surface area contributed by atoms with E-state index in [2.05, 4.69) is 24.1 Å². The molecule has 0 saturated carbocycles. The monoisotopic (exact) mass is 457 g/mol. The Labute approximate surface area is 190 Å². The average molecular weight is 458 g/mol. The molecule has 0 bridgehead atoms. The van der Waals surface area contributed by atoms with Gasteiger partial charge in [-0.15, -0.1) is 0 Å². The standard InChI is InChI=1S/C24H31N3O4S/c1-17-6-12-22(13-7-17)32(29,30)27-14-4-5-23(27)24(28)25-20-8-10-21(11-9-20)26-15-18(2)31-19(3)16-26/h6-13,18-19,23H,4-5,14-16H2,1-3H3,(H,25,28)/t18?,19?,23-/m0/s1. The molecule has 2 aromatic rings. The van der Waals surface area contributed by atoms with Crippen molar-refractivity contribution in [2.75, 3.05) is 29.9 Å². The highest BCUT2D eigenvalue weighted by Gasteiger charge is 2.39. The average Bonchev–Trinajstić information content (AvgIpc) is 3.25. The molecule has 172 valence electrons. The Balaban J connectivity index is 1.44. The first-order valence-corrected chi connectivity index (χ1v) is 12.6. The first-order valence-electron chi connectivity index (χ1n) is 11.1. The molecule has 2 heterocycles. The number of ether oxygens (including phenoxy) is 1. The molecule has 8 heteroatoms. The summed E-state index contributed by atoms with van der Waals surface area (Å²) in [6, 6.07) is 13.7. The number of hydrogen-bond acceptors (Lipinski definition) is 5. The van der Waals surface area contributed by atoms with Crippen LogP contribution < -0.4 is 10.2 Å². The van der Waals surface area contributed by atoms with E-state index in [4.69, 9.17) is 4.74 Å².